The fraction of sp³-hybridized carbons (Fsp3) is 0.333. The molecule has 0 aliphatic carbocycles. The van der Waals surface area contributed by atoms with Crippen molar-refractivity contribution in [2.75, 3.05) is 6.54 Å². The second-order valence-corrected chi connectivity index (χ2v) is 6.55. The largest absolute Gasteiger partial charge is 0.340 e. The van der Waals surface area contributed by atoms with Gasteiger partial charge in [0, 0.05) is 17.6 Å². The van der Waals surface area contributed by atoms with Crippen molar-refractivity contribution in [1.82, 2.24) is 25.1 Å². The number of H-pyrrole nitrogens is 2. The molecule has 128 valence electrons. The molecule has 7 nitrogen and oxygen atoms in total. The van der Waals surface area contributed by atoms with Crippen LogP contribution in [0.3, 0.4) is 0 Å². The van der Waals surface area contributed by atoms with Crippen LogP contribution in [0, 0.1) is 13.8 Å². The van der Waals surface area contributed by atoms with Crippen molar-refractivity contribution >= 4 is 16.8 Å². The van der Waals surface area contributed by atoms with Crippen LogP contribution in [0.5, 0.6) is 0 Å². The van der Waals surface area contributed by atoms with Gasteiger partial charge in [-0.1, -0.05) is 11.6 Å². The average Bonchev–Trinajstić information content (AvgIpc) is 3.22. The van der Waals surface area contributed by atoms with Gasteiger partial charge in [-0.05, 0) is 44.9 Å². The zero-order valence-electron chi connectivity index (χ0n) is 14.2. The van der Waals surface area contributed by atoms with E-state index in [-0.39, 0.29) is 17.6 Å². The highest BCUT2D eigenvalue weighted by atomic mass is 16.2. The summed E-state index contributed by atoms with van der Waals surface area (Å²) in [5, 5.41) is 7.26. The first kappa shape index (κ1) is 15.6. The lowest BCUT2D eigenvalue weighted by Gasteiger charge is -2.23. The highest BCUT2D eigenvalue weighted by Gasteiger charge is 2.33. The maximum absolute atomic E-state index is 13.3. The van der Waals surface area contributed by atoms with E-state index in [0.29, 0.717) is 17.9 Å². The maximum Gasteiger partial charge on any atom is 0.340 e. The quantitative estimate of drug-likeness (QED) is 0.750. The summed E-state index contributed by atoms with van der Waals surface area (Å²) in [6.07, 6.45) is 1.67. The molecular weight excluding hydrogens is 318 g/mol. The Morgan fingerprint density at radius 2 is 2.12 bits per heavy atom. The van der Waals surface area contributed by atoms with Crippen LogP contribution in [-0.2, 0) is 0 Å². The van der Waals surface area contributed by atoms with Gasteiger partial charge in [-0.25, -0.2) is 9.89 Å². The van der Waals surface area contributed by atoms with Gasteiger partial charge < -0.3 is 4.90 Å². The van der Waals surface area contributed by atoms with Gasteiger partial charge in [-0.15, -0.1) is 0 Å². The van der Waals surface area contributed by atoms with Crippen LogP contribution in [0.4, 0.5) is 0 Å². The molecule has 1 atom stereocenters. The van der Waals surface area contributed by atoms with Crippen molar-refractivity contribution in [3.63, 3.8) is 0 Å². The van der Waals surface area contributed by atoms with Crippen molar-refractivity contribution in [2.24, 2.45) is 0 Å². The number of nitrogens with zero attached hydrogens (tertiary/aromatic N) is 3. The second kappa shape index (κ2) is 5.84. The Morgan fingerprint density at radius 3 is 2.88 bits per heavy atom. The number of aromatic nitrogens is 4. The van der Waals surface area contributed by atoms with E-state index in [4.69, 9.17) is 0 Å². The van der Waals surface area contributed by atoms with Crippen molar-refractivity contribution < 1.29 is 4.79 Å². The number of amides is 1. The standard InChI is InChI=1S/C18H19N5O2/c1-10-5-6-14-12(8-10)13(9-11(2)19-14)17(24)23-7-3-4-15(23)16-20-18(25)22-21-16/h5-6,8-9,15H,3-4,7H2,1-2H3,(H2,20,21,22,25). The lowest BCUT2D eigenvalue weighted by atomic mass is 10.0. The fourth-order valence-electron chi connectivity index (χ4n) is 3.54. The third kappa shape index (κ3) is 2.71. The van der Waals surface area contributed by atoms with Crippen molar-refractivity contribution in [3.05, 3.63) is 57.4 Å². The van der Waals surface area contributed by atoms with E-state index >= 15 is 0 Å². The third-order valence-corrected chi connectivity index (χ3v) is 4.67. The van der Waals surface area contributed by atoms with Crippen molar-refractivity contribution in [3.8, 4) is 0 Å². The fourth-order valence-corrected chi connectivity index (χ4v) is 3.54. The Balaban J connectivity index is 1.79. The average molecular weight is 337 g/mol. The number of benzene rings is 1. The van der Waals surface area contributed by atoms with Gasteiger partial charge in [0.15, 0.2) is 5.82 Å². The van der Waals surface area contributed by atoms with Gasteiger partial charge in [-0.2, -0.15) is 5.10 Å². The summed E-state index contributed by atoms with van der Waals surface area (Å²) < 4.78 is 0. The van der Waals surface area contributed by atoms with E-state index in [0.717, 1.165) is 35.0 Å². The first-order valence-electron chi connectivity index (χ1n) is 8.36. The predicted octanol–water partition coefficient (Wildman–Crippen LogP) is 2.24. The van der Waals surface area contributed by atoms with Gasteiger partial charge in [0.25, 0.3) is 5.91 Å². The summed E-state index contributed by atoms with van der Waals surface area (Å²) in [5.41, 5.74) is 3.01. The molecule has 1 aliphatic rings. The summed E-state index contributed by atoms with van der Waals surface area (Å²) in [5.74, 6) is 0.467. The summed E-state index contributed by atoms with van der Waals surface area (Å²) in [6, 6.07) is 7.57. The van der Waals surface area contributed by atoms with Gasteiger partial charge in [0.1, 0.15) is 0 Å². The minimum absolute atomic E-state index is 0.0487. The number of carbonyl (C=O) groups excluding carboxylic acids is 1. The van der Waals surface area contributed by atoms with Crippen LogP contribution in [0.1, 0.15) is 46.3 Å². The Hall–Kier alpha value is -2.96. The van der Waals surface area contributed by atoms with Crippen molar-refractivity contribution in [1.29, 1.82) is 0 Å². The number of carbonyl (C=O) groups is 1. The normalized spacial score (nSPS) is 17.4. The molecule has 0 bridgehead atoms. The minimum atomic E-state index is -0.352. The molecule has 3 heterocycles. The number of hydrogen-bond donors (Lipinski definition) is 2. The zero-order chi connectivity index (χ0) is 17.6. The Labute approximate surface area is 144 Å². The molecule has 2 N–H and O–H groups in total. The molecule has 1 unspecified atom stereocenters. The molecule has 2 aromatic heterocycles. The smallest absolute Gasteiger partial charge is 0.328 e. The van der Waals surface area contributed by atoms with Gasteiger partial charge in [0.2, 0.25) is 0 Å². The molecule has 25 heavy (non-hydrogen) atoms. The summed E-state index contributed by atoms with van der Waals surface area (Å²) in [4.78, 5) is 33.7. The second-order valence-electron chi connectivity index (χ2n) is 6.55. The van der Waals surface area contributed by atoms with Gasteiger partial charge in [-0.3, -0.25) is 14.8 Å². The van der Waals surface area contributed by atoms with Crippen molar-refractivity contribution in [2.45, 2.75) is 32.7 Å². The maximum atomic E-state index is 13.3. The monoisotopic (exact) mass is 337 g/mol. The van der Waals surface area contributed by atoms with E-state index in [1.165, 1.54) is 0 Å². The van der Waals surface area contributed by atoms with Crippen LogP contribution < -0.4 is 5.69 Å². The Kier molecular flexibility index (Phi) is 3.63. The molecule has 7 heteroatoms. The van der Waals surface area contributed by atoms with Crippen LogP contribution in [0.15, 0.2) is 29.1 Å². The third-order valence-electron chi connectivity index (χ3n) is 4.67. The predicted molar refractivity (Wildman–Crippen MR) is 93.4 cm³/mol. The van der Waals surface area contributed by atoms with Crippen LogP contribution in [0.25, 0.3) is 10.9 Å². The lowest BCUT2D eigenvalue weighted by molar-refractivity contribution is 0.0732. The molecule has 0 saturated carbocycles. The number of nitrogens with one attached hydrogen (secondary N) is 2. The first-order chi connectivity index (χ1) is 12.0. The topological polar surface area (TPSA) is 94.7 Å². The van der Waals surface area contributed by atoms with E-state index in [1.807, 2.05) is 38.1 Å². The Bertz CT molecular complexity index is 1020. The molecule has 1 aromatic carbocycles. The van der Waals surface area contributed by atoms with Crippen LogP contribution in [0.2, 0.25) is 0 Å². The van der Waals surface area contributed by atoms with Gasteiger partial charge in [0.05, 0.1) is 17.1 Å². The van der Waals surface area contributed by atoms with Crippen LogP contribution in [-0.4, -0.2) is 37.5 Å². The summed E-state index contributed by atoms with van der Waals surface area (Å²) in [6.45, 7) is 4.54. The molecule has 1 aliphatic heterocycles. The number of aromatic amines is 2. The van der Waals surface area contributed by atoms with Crippen LogP contribution >= 0.6 is 0 Å². The van der Waals surface area contributed by atoms with E-state index < -0.39 is 0 Å². The lowest BCUT2D eigenvalue weighted by Crippen LogP contribution is -2.31. The van der Waals surface area contributed by atoms with Gasteiger partial charge >= 0.3 is 5.69 Å². The highest BCUT2D eigenvalue weighted by molar-refractivity contribution is 6.06. The number of likely N-dealkylation sites (tertiary alicyclic amines) is 1. The summed E-state index contributed by atoms with van der Waals surface area (Å²) >= 11 is 0. The highest BCUT2D eigenvalue weighted by Crippen LogP contribution is 2.32. The van der Waals surface area contributed by atoms with E-state index in [2.05, 4.69) is 20.2 Å². The van der Waals surface area contributed by atoms with E-state index in [9.17, 15) is 9.59 Å². The first-order valence-corrected chi connectivity index (χ1v) is 8.36. The SMILES string of the molecule is Cc1ccc2nc(C)cc(C(=O)N3CCCC3c3n[nH]c(=O)[nH]3)c2c1. The Morgan fingerprint density at radius 1 is 1.28 bits per heavy atom. The summed E-state index contributed by atoms with van der Waals surface area (Å²) in [7, 11) is 0. The molecule has 1 saturated heterocycles. The number of pyridine rings is 1. The molecule has 1 amide bonds. The minimum Gasteiger partial charge on any atom is -0.328 e. The molecule has 1 fully saturated rings. The number of hydrogen-bond acceptors (Lipinski definition) is 4. The number of fused-ring (bicyclic) bond motifs is 1. The number of rotatable bonds is 2. The molecule has 4 rings (SSSR count). The molecular formula is C18H19N5O2. The zero-order valence-corrected chi connectivity index (χ0v) is 14.2. The molecule has 0 radical (unpaired) electrons. The van der Waals surface area contributed by atoms with E-state index in [1.54, 1.807) is 4.90 Å². The number of aryl methyl sites for hydroxylation is 2. The molecule has 3 aromatic rings. The molecule has 0 spiro atoms.